The number of amides is 1. The number of nitrogens with one attached hydrogen (secondary N) is 1. The van der Waals surface area contributed by atoms with Gasteiger partial charge in [0.15, 0.2) is 0 Å². The largest absolute Gasteiger partial charge is 0.312 e. The van der Waals surface area contributed by atoms with Crippen molar-refractivity contribution < 1.29 is 13.2 Å². The summed E-state index contributed by atoms with van der Waals surface area (Å²) in [7, 11) is -3.76. The molecule has 5 nitrogen and oxygen atoms in total. The summed E-state index contributed by atoms with van der Waals surface area (Å²) in [4.78, 5) is 13.5. The minimum atomic E-state index is -3.76. The van der Waals surface area contributed by atoms with E-state index in [-0.39, 0.29) is 10.8 Å². The smallest absolute Gasteiger partial charge is 0.241 e. The van der Waals surface area contributed by atoms with E-state index in [4.69, 9.17) is 23.2 Å². The van der Waals surface area contributed by atoms with Crippen molar-refractivity contribution in [3.05, 3.63) is 57.6 Å². The lowest BCUT2D eigenvalue weighted by molar-refractivity contribution is -0.116. The van der Waals surface area contributed by atoms with Crippen molar-refractivity contribution in [3.63, 3.8) is 0 Å². The highest BCUT2D eigenvalue weighted by Crippen LogP contribution is 2.32. The van der Waals surface area contributed by atoms with Crippen molar-refractivity contribution in [2.75, 3.05) is 11.4 Å². The van der Waals surface area contributed by atoms with Gasteiger partial charge >= 0.3 is 0 Å². The van der Waals surface area contributed by atoms with Gasteiger partial charge < -0.3 is 4.90 Å². The summed E-state index contributed by atoms with van der Waals surface area (Å²) in [5.41, 5.74) is 2.26. The predicted molar refractivity (Wildman–Crippen MR) is 108 cm³/mol. The second-order valence-corrected chi connectivity index (χ2v) is 9.02. The van der Waals surface area contributed by atoms with E-state index in [0.717, 1.165) is 11.3 Å². The van der Waals surface area contributed by atoms with Gasteiger partial charge in [0.05, 0.1) is 4.90 Å². The zero-order valence-electron chi connectivity index (χ0n) is 15.0. The Kier molecular flexibility index (Phi) is 5.82. The molecule has 1 atom stereocenters. The van der Waals surface area contributed by atoms with Gasteiger partial charge in [-0.25, -0.2) is 13.1 Å². The Morgan fingerprint density at radius 1 is 1.22 bits per heavy atom. The molecule has 8 heteroatoms. The average Bonchev–Trinajstić information content (AvgIpc) is 3.05. The third kappa shape index (κ3) is 4.14. The van der Waals surface area contributed by atoms with Gasteiger partial charge in [0.2, 0.25) is 15.9 Å². The summed E-state index contributed by atoms with van der Waals surface area (Å²) in [5, 5.41) is 0.953. The SMILES string of the molecule is CCC(NS(=O)(=O)c1ccc2c(c1)CCN2C(C)=O)c1cc(Cl)ccc1Cl. The molecule has 0 saturated heterocycles. The van der Waals surface area contributed by atoms with E-state index >= 15 is 0 Å². The molecule has 0 aliphatic carbocycles. The molecular weight excluding hydrogens is 407 g/mol. The number of hydrogen-bond donors (Lipinski definition) is 1. The maximum atomic E-state index is 12.9. The van der Waals surface area contributed by atoms with Crippen molar-refractivity contribution >= 4 is 44.8 Å². The first-order chi connectivity index (χ1) is 12.7. The molecule has 1 unspecified atom stereocenters. The molecule has 1 N–H and O–H groups in total. The Bertz CT molecular complexity index is 992. The quantitative estimate of drug-likeness (QED) is 0.773. The van der Waals surface area contributed by atoms with Crippen LogP contribution in [0.25, 0.3) is 0 Å². The highest BCUT2D eigenvalue weighted by atomic mass is 35.5. The number of carbonyl (C=O) groups excluding carboxylic acids is 1. The van der Waals surface area contributed by atoms with Crippen LogP contribution < -0.4 is 9.62 Å². The molecule has 2 aromatic carbocycles. The van der Waals surface area contributed by atoms with Crippen LogP contribution in [0.3, 0.4) is 0 Å². The minimum absolute atomic E-state index is 0.0517. The van der Waals surface area contributed by atoms with Gasteiger partial charge in [-0.1, -0.05) is 30.1 Å². The highest BCUT2D eigenvalue weighted by Gasteiger charge is 2.26. The second-order valence-electron chi connectivity index (χ2n) is 6.46. The number of nitrogens with zero attached hydrogens (tertiary/aromatic N) is 1. The van der Waals surface area contributed by atoms with Crippen LogP contribution in [0.2, 0.25) is 10.0 Å². The molecule has 144 valence electrons. The molecule has 0 spiro atoms. The van der Waals surface area contributed by atoms with Crippen molar-refractivity contribution in [2.24, 2.45) is 0 Å². The molecule has 0 aromatic heterocycles. The Hall–Kier alpha value is -1.60. The number of carbonyl (C=O) groups is 1. The molecule has 1 aliphatic rings. The summed E-state index contributed by atoms with van der Waals surface area (Å²) < 4.78 is 28.6. The molecule has 0 radical (unpaired) electrons. The molecule has 3 rings (SSSR count). The van der Waals surface area contributed by atoms with E-state index in [1.165, 1.54) is 13.0 Å². The molecule has 27 heavy (non-hydrogen) atoms. The van der Waals surface area contributed by atoms with Crippen molar-refractivity contribution in [2.45, 2.75) is 37.6 Å². The van der Waals surface area contributed by atoms with Crippen LogP contribution in [0.4, 0.5) is 5.69 Å². The van der Waals surface area contributed by atoms with Gasteiger partial charge in [0, 0.05) is 35.2 Å². The normalized spacial score (nSPS) is 14.9. The van der Waals surface area contributed by atoms with E-state index < -0.39 is 16.1 Å². The summed E-state index contributed by atoms with van der Waals surface area (Å²) in [6, 6.07) is 9.34. The number of anilines is 1. The zero-order chi connectivity index (χ0) is 19.8. The molecule has 0 saturated carbocycles. The van der Waals surface area contributed by atoms with Gasteiger partial charge in [-0.3, -0.25) is 4.79 Å². The molecule has 1 amide bonds. The van der Waals surface area contributed by atoms with Crippen molar-refractivity contribution in [1.29, 1.82) is 0 Å². The standard InChI is InChI=1S/C19H20Cl2N2O3S/c1-3-18(16-11-14(20)4-6-17(16)21)22-27(25,26)15-5-7-19-13(10-15)8-9-23(19)12(2)24/h4-7,10-11,18,22H,3,8-9H2,1-2H3. The Labute approximate surface area is 169 Å². The fourth-order valence-corrected chi connectivity index (χ4v) is 5.05. The third-order valence-corrected chi connectivity index (χ3v) is 6.72. The molecule has 2 aromatic rings. The van der Waals surface area contributed by atoms with Gasteiger partial charge in [0.1, 0.15) is 0 Å². The fourth-order valence-electron chi connectivity index (χ4n) is 3.28. The average molecular weight is 427 g/mol. The minimum Gasteiger partial charge on any atom is -0.312 e. The lowest BCUT2D eigenvalue weighted by Crippen LogP contribution is -2.28. The summed E-state index contributed by atoms with van der Waals surface area (Å²) in [6.45, 7) is 3.94. The van der Waals surface area contributed by atoms with Crippen molar-refractivity contribution in [3.8, 4) is 0 Å². The molecule has 0 bridgehead atoms. The molecule has 1 heterocycles. The van der Waals surface area contributed by atoms with E-state index in [9.17, 15) is 13.2 Å². The first-order valence-corrected chi connectivity index (χ1v) is 10.8. The number of hydrogen-bond acceptors (Lipinski definition) is 3. The Morgan fingerprint density at radius 3 is 2.63 bits per heavy atom. The molecular formula is C19H20Cl2N2O3S. The summed E-state index contributed by atoms with van der Waals surface area (Å²) >= 11 is 12.3. The van der Waals surface area contributed by atoms with E-state index in [0.29, 0.717) is 35.0 Å². The first-order valence-electron chi connectivity index (χ1n) is 8.61. The van der Waals surface area contributed by atoms with E-state index in [1.807, 2.05) is 6.92 Å². The Morgan fingerprint density at radius 2 is 1.96 bits per heavy atom. The van der Waals surface area contributed by atoms with Gasteiger partial charge in [-0.05, 0) is 60.4 Å². The number of rotatable bonds is 5. The monoisotopic (exact) mass is 426 g/mol. The number of halogens is 2. The summed E-state index contributed by atoms with van der Waals surface area (Å²) in [5.74, 6) is -0.0517. The van der Waals surface area contributed by atoms with Crippen LogP contribution in [0.5, 0.6) is 0 Å². The third-order valence-electron chi connectivity index (χ3n) is 4.68. The number of benzene rings is 2. The molecule has 1 aliphatic heterocycles. The summed E-state index contributed by atoms with van der Waals surface area (Å²) in [6.07, 6.45) is 1.15. The lowest BCUT2D eigenvalue weighted by Gasteiger charge is -2.20. The van der Waals surface area contributed by atoms with Crippen LogP contribution in [-0.4, -0.2) is 20.9 Å². The number of fused-ring (bicyclic) bond motifs is 1. The maximum Gasteiger partial charge on any atom is 0.241 e. The topological polar surface area (TPSA) is 66.5 Å². The van der Waals surface area contributed by atoms with Crippen LogP contribution in [-0.2, 0) is 21.2 Å². The van der Waals surface area contributed by atoms with Gasteiger partial charge in [0.25, 0.3) is 0 Å². The highest BCUT2D eigenvalue weighted by molar-refractivity contribution is 7.89. The van der Waals surface area contributed by atoms with Gasteiger partial charge in [-0.2, -0.15) is 0 Å². The van der Waals surface area contributed by atoms with Crippen molar-refractivity contribution in [1.82, 2.24) is 4.72 Å². The lowest BCUT2D eigenvalue weighted by atomic mass is 10.1. The second kappa shape index (κ2) is 7.80. The van der Waals surface area contributed by atoms with Gasteiger partial charge in [-0.15, -0.1) is 0 Å². The van der Waals surface area contributed by atoms with E-state index in [2.05, 4.69) is 4.72 Å². The van der Waals surface area contributed by atoms with Crippen LogP contribution in [0.15, 0.2) is 41.3 Å². The first kappa shape index (κ1) is 20.1. The number of sulfonamides is 1. The van der Waals surface area contributed by atoms with Crippen LogP contribution >= 0.6 is 23.2 Å². The zero-order valence-corrected chi connectivity index (χ0v) is 17.3. The Balaban J connectivity index is 1.90. The van der Waals surface area contributed by atoms with E-state index in [1.54, 1.807) is 35.2 Å². The maximum absolute atomic E-state index is 12.9. The fraction of sp³-hybridized carbons (Fsp3) is 0.316. The molecule has 0 fully saturated rings. The predicted octanol–water partition coefficient (Wildman–Crippen LogP) is 4.33. The van der Waals surface area contributed by atoms with Crippen LogP contribution in [0, 0.1) is 0 Å². The van der Waals surface area contributed by atoms with Crippen LogP contribution in [0.1, 0.15) is 37.4 Å².